The Morgan fingerprint density at radius 3 is 2.39 bits per heavy atom. The fourth-order valence-corrected chi connectivity index (χ4v) is 4.60. The van der Waals surface area contributed by atoms with Crippen LogP contribution in [0.15, 0.2) is 42.5 Å². The molecule has 2 aromatic rings. The van der Waals surface area contributed by atoms with Crippen molar-refractivity contribution in [2.45, 2.75) is 31.8 Å². The number of halogens is 3. The van der Waals surface area contributed by atoms with Crippen molar-refractivity contribution in [2.24, 2.45) is 0 Å². The van der Waals surface area contributed by atoms with Gasteiger partial charge in [0, 0.05) is 12.3 Å². The van der Waals surface area contributed by atoms with Crippen molar-refractivity contribution < 1.29 is 22.9 Å². The Balaban J connectivity index is 1.74. The Kier molecular flexibility index (Phi) is 6.67. The van der Waals surface area contributed by atoms with E-state index in [0.29, 0.717) is 6.54 Å². The summed E-state index contributed by atoms with van der Waals surface area (Å²) in [7, 11) is 0. The fraction of sp³-hybridized carbons (Fsp3) is 0.381. The van der Waals surface area contributed by atoms with Crippen LogP contribution in [0, 0.1) is 17.5 Å². The molecule has 3 nitrogen and oxygen atoms in total. The number of hydrogen-bond donors (Lipinski definition) is 1. The number of amides is 1. The number of nitrogens with zero attached hydrogens (tertiary/aromatic N) is 1. The van der Waals surface area contributed by atoms with Gasteiger partial charge in [-0.15, -0.1) is 11.8 Å². The Morgan fingerprint density at radius 1 is 1.14 bits per heavy atom. The Bertz CT molecular complexity index is 809. The summed E-state index contributed by atoms with van der Waals surface area (Å²) >= 11 is 1.64. The molecule has 2 aromatic carbocycles. The van der Waals surface area contributed by atoms with Gasteiger partial charge in [-0.25, -0.2) is 13.2 Å². The summed E-state index contributed by atoms with van der Waals surface area (Å²) in [5.41, 5.74) is 0.883. The number of nitrogens with one attached hydrogen (secondary N) is 1. The molecule has 1 unspecified atom stereocenters. The smallest absolute Gasteiger partial charge is 0.278 e. The van der Waals surface area contributed by atoms with Crippen molar-refractivity contribution in [3.63, 3.8) is 0 Å². The third-order valence-electron chi connectivity index (χ3n) is 5.03. The molecule has 1 aliphatic rings. The second-order valence-electron chi connectivity index (χ2n) is 7.23. The van der Waals surface area contributed by atoms with Gasteiger partial charge in [0.1, 0.15) is 29.4 Å². The first-order chi connectivity index (χ1) is 13.4. The summed E-state index contributed by atoms with van der Waals surface area (Å²) in [4.78, 5) is 15.6. The number of quaternary nitrogens is 1. The van der Waals surface area contributed by atoms with Crippen molar-refractivity contribution in [2.75, 3.05) is 18.8 Å². The highest BCUT2D eigenvalue weighted by Crippen LogP contribution is 2.37. The van der Waals surface area contributed by atoms with E-state index < -0.39 is 11.6 Å². The van der Waals surface area contributed by atoms with E-state index in [-0.39, 0.29) is 41.8 Å². The lowest BCUT2D eigenvalue weighted by molar-refractivity contribution is -0.927. The molecule has 28 heavy (non-hydrogen) atoms. The third kappa shape index (κ3) is 4.70. The summed E-state index contributed by atoms with van der Waals surface area (Å²) in [6.45, 7) is 4.70. The van der Waals surface area contributed by atoms with Crippen LogP contribution in [-0.2, 0) is 11.3 Å². The highest BCUT2D eigenvalue weighted by molar-refractivity contribution is 7.99. The molecule has 1 heterocycles. The zero-order valence-corrected chi connectivity index (χ0v) is 16.7. The predicted octanol–water partition coefficient (Wildman–Crippen LogP) is 3.17. The number of rotatable bonds is 6. The molecule has 0 spiro atoms. The average molecular weight is 409 g/mol. The van der Waals surface area contributed by atoms with E-state index in [1.165, 1.54) is 30.3 Å². The van der Waals surface area contributed by atoms with Crippen LogP contribution in [0.3, 0.4) is 0 Å². The average Bonchev–Trinajstić information content (AvgIpc) is 3.14. The maximum Gasteiger partial charge on any atom is 0.278 e. The molecule has 1 N–H and O–H groups in total. The molecule has 3 rings (SSSR count). The number of thioether (sulfide) groups is 1. The van der Waals surface area contributed by atoms with Gasteiger partial charge in [-0.3, -0.25) is 4.79 Å². The molecule has 150 valence electrons. The molecule has 0 aliphatic carbocycles. The van der Waals surface area contributed by atoms with Gasteiger partial charge in [0.05, 0.1) is 11.6 Å². The van der Waals surface area contributed by atoms with E-state index in [0.717, 1.165) is 16.2 Å². The summed E-state index contributed by atoms with van der Waals surface area (Å²) in [6, 6.07) is 10.00. The SMILES string of the molecule is CC(C)[NH+](CC(=O)N1CCS[C@@H]1c1ccc(F)cc1)Cc1c(F)cccc1F. The molecular weight excluding hydrogens is 385 g/mol. The van der Waals surface area contributed by atoms with Crippen LogP contribution in [0.5, 0.6) is 0 Å². The van der Waals surface area contributed by atoms with Gasteiger partial charge in [-0.05, 0) is 43.7 Å². The van der Waals surface area contributed by atoms with Crippen LogP contribution in [0.25, 0.3) is 0 Å². The first-order valence-corrected chi connectivity index (χ1v) is 10.4. The molecule has 1 amide bonds. The van der Waals surface area contributed by atoms with Crippen LogP contribution >= 0.6 is 11.8 Å². The molecule has 0 saturated carbocycles. The number of hydrogen-bond acceptors (Lipinski definition) is 2. The number of carbonyl (C=O) groups excluding carboxylic acids is 1. The maximum atomic E-state index is 14.0. The molecular formula is C21H24F3N2OS+. The summed E-state index contributed by atoms with van der Waals surface area (Å²) in [5.74, 6) is -0.767. The number of carbonyl (C=O) groups is 1. The number of benzene rings is 2. The molecule has 0 aromatic heterocycles. The largest absolute Gasteiger partial charge is 0.321 e. The fourth-order valence-electron chi connectivity index (χ4n) is 3.32. The summed E-state index contributed by atoms with van der Waals surface area (Å²) < 4.78 is 41.3. The van der Waals surface area contributed by atoms with Crippen LogP contribution in [-0.4, -0.2) is 35.7 Å². The van der Waals surface area contributed by atoms with E-state index in [4.69, 9.17) is 0 Å². The van der Waals surface area contributed by atoms with Crippen molar-refractivity contribution in [3.05, 3.63) is 71.0 Å². The molecule has 0 radical (unpaired) electrons. The zero-order chi connectivity index (χ0) is 20.3. The topological polar surface area (TPSA) is 24.8 Å². The van der Waals surface area contributed by atoms with E-state index in [1.807, 2.05) is 13.8 Å². The normalized spacial score (nSPS) is 17.9. The minimum absolute atomic E-state index is 0.00452. The van der Waals surface area contributed by atoms with Gasteiger partial charge in [0.25, 0.3) is 5.91 Å². The van der Waals surface area contributed by atoms with Crippen molar-refractivity contribution in [1.82, 2.24) is 4.90 Å². The van der Waals surface area contributed by atoms with Gasteiger partial charge >= 0.3 is 0 Å². The van der Waals surface area contributed by atoms with Gasteiger partial charge < -0.3 is 9.80 Å². The lowest BCUT2D eigenvalue weighted by atomic mass is 10.1. The Labute approximate surface area is 167 Å². The first-order valence-electron chi connectivity index (χ1n) is 9.31. The standard InChI is InChI=1S/C21H23F3N2OS/c1-14(2)25(12-17-18(23)4-3-5-19(17)24)13-20(27)26-10-11-28-21(26)15-6-8-16(22)9-7-15/h3-9,14,21H,10-13H2,1-2H3/p+1/t21-/m1/s1. The van der Waals surface area contributed by atoms with E-state index in [2.05, 4.69) is 0 Å². The summed E-state index contributed by atoms with van der Waals surface area (Å²) in [5, 5.41) is -0.160. The van der Waals surface area contributed by atoms with Crippen LogP contribution in [0.4, 0.5) is 13.2 Å². The van der Waals surface area contributed by atoms with Crippen molar-refractivity contribution >= 4 is 17.7 Å². The van der Waals surface area contributed by atoms with Crippen molar-refractivity contribution in [1.29, 1.82) is 0 Å². The molecule has 2 atom stereocenters. The molecule has 0 bridgehead atoms. The second kappa shape index (κ2) is 9.01. The van der Waals surface area contributed by atoms with Gasteiger partial charge in [0.2, 0.25) is 0 Å². The molecule has 1 fully saturated rings. The highest BCUT2D eigenvalue weighted by atomic mass is 32.2. The Hall–Kier alpha value is -1.99. The minimum atomic E-state index is -0.591. The predicted molar refractivity (Wildman–Crippen MR) is 104 cm³/mol. The monoisotopic (exact) mass is 409 g/mol. The highest BCUT2D eigenvalue weighted by Gasteiger charge is 2.33. The minimum Gasteiger partial charge on any atom is -0.321 e. The molecule has 1 aliphatic heterocycles. The first kappa shape index (κ1) is 20.7. The zero-order valence-electron chi connectivity index (χ0n) is 15.9. The lowest BCUT2D eigenvalue weighted by Gasteiger charge is -2.28. The summed E-state index contributed by atoms with van der Waals surface area (Å²) in [6.07, 6.45) is 0. The quantitative estimate of drug-likeness (QED) is 0.793. The van der Waals surface area contributed by atoms with Crippen molar-refractivity contribution in [3.8, 4) is 0 Å². The van der Waals surface area contributed by atoms with Gasteiger partial charge in [-0.2, -0.15) is 0 Å². The Morgan fingerprint density at radius 2 is 1.79 bits per heavy atom. The van der Waals surface area contributed by atoms with E-state index in [9.17, 15) is 18.0 Å². The van der Waals surface area contributed by atoms with Crippen LogP contribution in [0.2, 0.25) is 0 Å². The van der Waals surface area contributed by atoms with E-state index >= 15 is 0 Å². The van der Waals surface area contributed by atoms with E-state index in [1.54, 1.807) is 28.8 Å². The second-order valence-corrected chi connectivity index (χ2v) is 8.42. The molecule has 7 heteroatoms. The third-order valence-corrected chi connectivity index (χ3v) is 6.29. The van der Waals surface area contributed by atoms with Crippen LogP contribution in [0.1, 0.15) is 30.3 Å². The van der Waals surface area contributed by atoms with Crippen LogP contribution < -0.4 is 4.90 Å². The molecule has 1 saturated heterocycles. The van der Waals surface area contributed by atoms with Gasteiger partial charge in [0.15, 0.2) is 6.54 Å². The lowest BCUT2D eigenvalue weighted by Crippen LogP contribution is -3.14. The maximum absolute atomic E-state index is 14.0. The van der Waals surface area contributed by atoms with Gasteiger partial charge in [-0.1, -0.05) is 18.2 Å².